The molecule has 1 heterocycles. The van der Waals surface area contributed by atoms with Crippen LogP contribution in [0.25, 0.3) is 0 Å². The second-order valence-electron chi connectivity index (χ2n) is 6.57. The van der Waals surface area contributed by atoms with E-state index in [1.54, 1.807) is 20.8 Å². The molecule has 1 aliphatic heterocycles. The van der Waals surface area contributed by atoms with E-state index in [1.165, 1.54) is 0 Å². The van der Waals surface area contributed by atoms with Crippen LogP contribution >= 0.6 is 0 Å². The second-order valence-corrected chi connectivity index (χ2v) is 6.57. The topological polar surface area (TPSA) is 56.8 Å². The average Bonchev–Trinajstić information content (AvgIpc) is 2.46. The van der Waals surface area contributed by atoms with Crippen LogP contribution in [0.5, 0.6) is 0 Å². The van der Waals surface area contributed by atoms with E-state index in [0.717, 1.165) is 5.56 Å². The van der Waals surface area contributed by atoms with E-state index in [4.69, 9.17) is 14.2 Å². The first-order valence-corrected chi connectivity index (χ1v) is 7.74. The van der Waals surface area contributed by atoms with E-state index < -0.39 is 30.2 Å². The Hall–Kier alpha value is -1.66. The molecule has 1 amide bonds. The molecular weight excluding hydrogens is 301 g/mol. The summed E-state index contributed by atoms with van der Waals surface area (Å²) in [5.41, 5.74) is 0.397. The highest BCUT2D eigenvalue weighted by Gasteiger charge is 2.34. The van der Waals surface area contributed by atoms with Gasteiger partial charge in [-0.05, 0) is 26.3 Å². The Bertz CT molecular complexity index is 503. The molecule has 6 heteroatoms. The van der Waals surface area contributed by atoms with Crippen molar-refractivity contribution in [2.24, 2.45) is 0 Å². The van der Waals surface area contributed by atoms with Crippen molar-refractivity contribution in [1.82, 2.24) is 5.32 Å². The van der Waals surface area contributed by atoms with Crippen molar-refractivity contribution in [2.45, 2.75) is 57.9 Å². The molecule has 0 aromatic heterocycles. The second kappa shape index (κ2) is 7.75. The summed E-state index contributed by atoms with van der Waals surface area (Å²) >= 11 is 0. The number of carbonyl (C=O) groups is 1. The quantitative estimate of drug-likeness (QED) is 0.924. The van der Waals surface area contributed by atoms with Gasteiger partial charge in [-0.15, -0.1) is 0 Å². The number of nitrogens with one attached hydrogen (secondary N) is 1. The fourth-order valence-corrected chi connectivity index (χ4v) is 2.29. The summed E-state index contributed by atoms with van der Waals surface area (Å²) in [6.45, 7) is 5.76. The first-order chi connectivity index (χ1) is 10.8. The molecule has 23 heavy (non-hydrogen) atoms. The smallest absolute Gasteiger partial charge is 0.408 e. The fourth-order valence-electron chi connectivity index (χ4n) is 2.29. The van der Waals surface area contributed by atoms with Gasteiger partial charge in [0.05, 0.1) is 25.4 Å². The van der Waals surface area contributed by atoms with Gasteiger partial charge >= 0.3 is 6.09 Å². The van der Waals surface area contributed by atoms with Crippen LogP contribution in [0.4, 0.5) is 9.18 Å². The molecule has 0 aliphatic carbocycles. The number of alkyl halides is 1. The minimum atomic E-state index is -1.38. The largest absolute Gasteiger partial charge is 0.444 e. The number of benzene rings is 1. The van der Waals surface area contributed by atoms with Gasteiger partial charge in [0.25, 0.3) is 0 Å². The Balaban J connectivity index is 1.91. The van der Waals surface area contributed by atoms with Crippen LogP contribution < -0.4 is 5.32 Å². The van der Waals surface area contributed by atoms with Crippen LogP contribution in [0.3, 0.4) is 0 Å². The van der Waals surface area contributed by atoms with Crippen molar-refractivity contribution in [2.75, 3.05) is 6.61 Å². The maximum Gasteiger partial charge on any atom is 0.408 e. The van der Waals surface area contributed by atoms with Gasteiger partial charge in [0.15, 0.2) is 0 Å². The molecule has 3 atom stereocenters. The zero-order chi connectivity index (χ0) is 16.9. The minimum Gasteiger partial charge on any atom is -0.444 e. The van der Waals surface area contributed by atoms with Gasteiger partial charge in [-0.2, -0.15) is 0 Å². The van der Waals surface area contributed by atoms with Crippen molar-refractivity contribution >= 4 is 6.09 Å². The lowest BCUT2D eigenvalue weighted by Crippen LogP contribution is -2.52. The maximum atomic E-state index is 13.5. The average molecular weight is 325 g/mol. The van der Waals surface area contributed by atoms with Gasteiger partial charge in [0.2, 0.25) is 6.36 Å². The summed E-state index contributed by atoms with van der Waals surface area (Å²) in [7, 11) is 0. The lowest BCUT2D eigenvalue weighted by atomic mass is 10.1. The summed E-state index contributed by atoms with van der Waals surface area (Å²) in [5, 5.41) is 2.70. The standard InChI is InChI=1S/C17H24FNO4/c1-17(2,3)23-16(20)19-13-11-22-15(18)9-14(13)21-10-12-7-5-4-6-8-12/h4-8,13-15H,9-11H2,1-3H3,(H,19,20)/t13-,14-,15-/m0/s1. The third kappa shape index (κ3) is 6.15. The third-order valence-corrected chi connectivity index (χ3v) is 3.33. The molecule has 1 saturated heterocycles. The van der Waals surface area contributed by atoms with Crippen molar-refractivity contribution in [3.63, 3.8) is 0 Å². The molecule has 0 spiro atoms. The zero-order valence-electron chi connectivity index (χ0n) is 13.8. The van der Waals surface area contributed by atoms with Gasteiger partial charge in [0.1, 0.15) is 5.60 Å². The van der Waals surface area contributed by atoms with Gasteiger partial charge in [-0.3, -0.25) is 0 Å². The first kappa shape index (κ1) is 17.7. The number of ether oxygens (including phenoxy) is 3. The molecule has 5 nitrogen and oxygen atoms in total. The SMILES string of the molecule is CC(C)(C)OC(=O)N[C@H]1CO[C@H](F)C[C@@H]1OCc1ccccc1. The Labute approximate surface area is 136 Å². The number of halogens is 1. The normalized spacial score (nSPS) is 25.0. The van der Waals surface area contributed by atoms with E-state index in [0.29, 0.717) is 6.61 Å². The van der Waals surface area contributed by atoms with Gasteiger partial charge in [-0.25, -0.2) is 9.18 Å². The molecule has 1 N–H and O–H groups in total. The lowest BCUT2D eigenvalue weighted by molar-refractivity contribution is -0.142. The van der Waals surface area contributed by atoms with Gasteiger partial charge in [0, 0.05) is 6.42 Å². The molecule has 128 valence electrons. The molecule has 0 bridgehead atoms. The van der Waals surface area contributed by atoms with Crippen LogP contribution in [-0.4, -0.2) is 36.8 Å². The molecule has 0 saturated carbocycles. The van der Waals surface area contributed by atoms with Gasteiger partial charge < -0.3 is 19.5 Å². The Kier molecular flexibility index (Phi) is 5.96. The first-order valence-electron chi connectivity index (χ1n) is 7.74. The van der Waals surface area contributed by atoms with Crippen molar-refractivity contribution in [3.05, 3.63) is 35.9 Å². The predicted molar refractivity (Wildman–Crippen MR) is 83.6 cm³/mol. The summed E-state index contributed by atoms with van der Waals surface area (Å²) in [6, 6.07) is 9.17. The number of rotatable bonds is 4. The third-order valence-electron chi connectivity index (χ3n) is 3.33. The van der Waals surface area contributed by atoms with E-state index in [-0.39, 0.29) is 13.0 Å². The minimum absolute atomic E-state index is 0.0554. The summed E-state index contributed by atoms with van der Waals surface area (Å²) in [4.78, 5) is 11.9. The molecule has 0 radical (unpaired) electrons. The van der Waals surface area contributed by atoms with Crippen molar-refractivity contribution in [1.29, 1.82) is 0 Å². The fraction of sp³-hybridized carbons (Fsp3) is 0.588. The van der Waals surface area contributed by atoms with Crippen LogP contribution in [0.15, 0.2) is 30.3 Å². The highest BCUT2D eigenvalue weighted by atomic mass is 19.1. The number of carbonyl (C=O) groups excluding carboxylic acids is 1. The molecule has 1 aromatic rings. The van der Waals surface area contributed by atoms with Crippen LogP contribution in [0.1, 0.15) is 32.8 Å². The van der Waals surface area contributed by atoms with Crippen molar-refractivity contribution in [3.8, 4) is 0 Å². The molecule has 1 aromatic carbocycles. The molecule has 1 aliphatic rings. The van der Waals surface area contributed by atoms with Crippen LogP contribution in [0.2, 0.25) is 0 Å². The molecule has 2 rings (SSSR count). The molecular formula is C17H24FNO4. The van der Waals surface area contributed by atoms with Crippen LogP contribution in [-0.2, 0) is 20.8 Å². The van der Waals surface area contributed by atoms with E-state index in [1.807, 2.05) is 30.3 Å². The Morgan fingerprint density at radius 2 is 2.04 bits per heavy atom. The predicted octanol–water partition coefficient (Wildman–Crippen LogP) is 3.18. The lowest BCUT2D eigenvalue weighted by Gasteiger charge is -2.34. The Morgan fingerprint density at radius 3 is 2.70 bits per heavy atom. The summed E-state index contributed by atoms with van der Waals surface area (Å²) in [5.74, 6) is 0. The molecule has 0 unspecified atom stereocenters. The number of hydrogen-bond acceptors (Lipinski definition) is 4. The zero-order valence-corrected chi connectivity index (χ0v) is 13.8. The van der Waals surface area contributed by atoms with E-state index in [2.05, 4.69) is 5.32 Å². The summed E-state index contributed by atoms with van der Waals surface area (Å²) < 4.78 is 29.5. The monoisotopic (exact) mass is 325 g/mol. The highest BCUT2D eigenvalue weighted by molar-refractivity contribution is 5.68. The number of amides is 1. The van der Waals surface area contributed by atoms with Crippen molar-refractivity contribution < 1.29 is 23.4 Å². The number of hydrogen-bond donors (Lipinski definition) is 1. The summed E-state index contributed by atoms with van der Waals surface area (Å²) in [6.07, 6.45) is -2.33. The van der Waals surface area contributed by atoms with E-state index in [9.17, 15) is 9.18 Å². The van der Waals surface area contributed by atoms with E-state index >= 15 is 0 Å². The highest BCUT2D eigenvalue weighted by Crippen LogP contribution is 2.20. The number of alkyl carbamates (subject to hydrolysis) is 1. The van der Waals surface area contributed by atoms with Crippen LogP contribution in [0, 0.1) is 0 Å². The molecule has 1 fully saturated rings. The van der Waals surface area contributed by atoms with Gasteiger partial charge in [-0.1, -0.05) is 30.3 Å². The Morgan fingerprint density at radius 1 is 1.35 bits per heavy atom. The maximum absolute atomic E-state index is 13.5.